The number of nitrogens with one attached hydrogen (secondary N) is 3. The number of carbonyl (C=O) groups is 3. The summed E-state index contributed by atoms with van der Waals surface area (Å²) in [6.45, 7) is 0. The van der Waals surface area contributed by atoms with E-state index in [4.69, 9.17) is 18.9 Å². The molecule has 10 nitrogen and oxygen atoms in total. The fraction of sp³-hybridized carbons (Fsp3) is 0.125. The van der Waals surface area contributed by atoms with Crippen LogP contribution in [0, 0.1) is 0 Å². The Morgan fingerprint density at radius 2 is 1.29 bits per heavy atom. The first-order valence-electron chi connectivity index (χ1n) is 15.8. The van der Waals surface area contributed by atoms with Crippen molar-refractivity contribution in [2.75, 3.05) is 39.1 Å². The summed E-state index contributed by atoms with van der Waals surface area (Å²) in [5.74, 6) is 0.777. The van der Waals surface area contributed by atoms with Gasteiger partial charge in [0.05, 0.1) is 34.1 Å². The number of methoxy groups -OCH3 is 4. The molecule has 3 N–H and O–H groups in total. The number of carbonyl (C=O) groups excluding carboxylic acids is 3. The fourth-order valence-electron chi connectivity index (χ4n) is 5.02. The molecule has 5 aromatic rings. The van der Waals surface area contributed by atoms with Gasteiger partial charge in [0.15, 0.2) is 0 Å². The molecule has 0 aliphatic rings. The molecule has 0 radical (unpaired) electrons. The molecule has 0 aliphatic heterocycles. The number of rotatable bonds is 14. The van der Waals surface area contributed by atoms with Gasteiger partial charge in [-0.25, -0.2) is 0 Å². The highest BCUT2D eigenvalue weighted by Crippen LogP contribution is 2.38. The lowest BCUT2D eigenvalue weighted by Gasteiger charge is -2.19. The third-order valence-corrected chi connectivity index (χ3v) is 8.87. The number of amides is 3. The van der Waals surface area contributed by atoms with Crippen LogP contribution in [-0.4, -0.2) is 46.2 Å². The largest absolute Gasteiger partial charge is 0.497 e. The molecular formula is C40H37N3O7S. The molecule has 0 spiro atoms. The molecule has 0 bridgehead atoms. The van der Waals surface area contributed by atoms with E-state index >= 15 is 0 Å². The van der Waals surface area contributed by atoms with E-state index in [1.807, 2.05) is 36.4 Å². The number of benzene rings is 5. The van der Waals surface area contributed by atoms with Crippen molar-refractivity contribution in [2.24, 2.45) is 0 Å². The summed E-state index contributed by atoms with van der Waals surface area (Å²) in [6.07, 6.45) is 1.54. The smallest absolute Gasteiger partial charge is 0.272 e. The average molecular weight is 704 g/mol. The summed E-state index contributed by atoms with van der Waals surface area (Å²) < 4.78 is 21.6. The Kier molecular flexibility index (Phi) is 12.4. The summed E-state index contributed by atoms with van der Waals surface area (Å²) in [5.41, 5.74) is 2.65. The second-order valence-corrected chi connectivity index (χ2v) is 12.1. The van der Waals surface area contributed by atoms with Crippen LogP contribution >= 0.6 is 11.8 Å². The minimum Gasteiger partial charge on any atom is -0.497 e. The maximum atomic E-state index is 13.8. The van der Waals surface area contributed by atoms with Gasteiger partial charge in [0.2, 0.25) is 5.91 Å². The molecule has 0 saturated carbocycles. The molecule has 0 aliphatic carbocycles. The monoisotopic (exact) mass is 703 g/mol. The summed E-state index contributed by atoms with van der Waals surface area (Å²) >= 11 is 1.32. The van der Waals surface area contributed by atoms with Gasteiger partial charge in [0.25, 0.3) is 11.8 Å². The van der Waals surface area contributed by atoms with Crippen LogP contribution in [0.5, 0.6) is 23.0 Å². The zero-order valence-electron chi connectivity index (χ0n) is 28.5. The second kappa shape index (κ2) is 17.5. The summed E-state index contributed by atoms with van der Waals surface area (Å²) in [4.78, 5) is 41.6. The Morgan fingerprint density at radius 1 is 0.647 bits per heavy atom. The molecule has 5 aromatic carbocycles. The normalized spacial score (nSPS) is 11.5. The lowest BCUT2D eigenvalue weighted by molar-refractivity contribution is -0.116. The summed E-state index contributed by atoms with van der Waals surface area (Å²) in [5, 5.41) is 7.98. The van der Waals surface area contributed by atoms with Crippen molar-refractivity contribution in [2.45, 2.75) is 10.1 Å². The highest BCUT2D eigenvalue weighted by molar-refractivity contribution is 8.00. The molecule has 0 saturated heterocycles. The van der Waals surface area contributed by atoms with Gasteiger partial charge < -0.3 is 34.9 Å². The molecule has 1 atom stereocenters. The van der Waals surface area contributed by atoms with Gasteiger partial charge in [-0.1, -0.05) is 54.6 Å². The molecule has 0 fully saturated rings. The van der Waals surface area contributed by atoms with Crippen molar-refractivity contribution < 1.29 is 33.3 Å². The Labute approximate surface area is 300 Å². The molecule has 1 unspecified atom stereocenters. The molecule has 0 aromatic heterocycles. The van der Waals surface area contributed by atoms with E-state index in [0.717, 1.165) is 5.56 Å². The van der Waals surface area contributed by atoms with E-state index in [1.54, 1.807) is 99.1 Å². The number of hydrogen-bond acceptors (Lipinski definition) is 8. The van der Waals surface area contributed by atoms with Gasteiger partial charge in [-0.2, -0.15) is 0 Å². The first kappa shape index (κ1) is 36.1. The zero-order valence-corrected chi connectivity index (χ0v) is 29.3. The van der Waals surface area contributed by atoms with Crippen LogP contribution in [0.4, 0.5) is 11.4 Å². The molecule has 51 heavy (non-hydrogen) atoms. The maximum Gasteiger partial charge on any atom is 0.272 e. The Bertz CT molecular complexity index is 2020. The van der Waals surface area contributed by atoms with Crippen LogP contribution in [0.3, 0.4) is 0 Å². The average Bonchev–Trinajstić information content (AvgIpc) is 3.17. The molecule has 260 valence electrons. The van der Waals surface area contributed by atoms with Crippen molar-refractivity contribution in [1.29, 1.82) is 0 Å². The van der Waals surface area contributed by atoms with Crippen LogP contribution in [-0.2, 0) is 9.59 Å². The zero-order chi connectivity index (χ0) is 36.2. The molecule has 3 amide bonds. The van der Waals surface area contributed by atoms with Crippen LogP contribution < -0.4 is 34.9 Å². The molecule has 0 heterocycles. The van der Waals surface area contributed by atoms with E-state index in [-0.39, 0.29) is 11.6 Å². The van der Waals surface area contributed by atoms with Crippen LogP contribution in [0.15, 0.2) is 132 Å². The van der Waals surface area contributed by atoms with Gasteiger partial charge in [-0.3, -0.25) is 14.4 Å². The third kappa shape index (κ3) is 9.49. The van der Waals surface area contributed by atoms with E-state index < -0.39 is 17.1 Å². The van der Waals surface area contributed by atoms with Crippen molar-refractivity contribution in [3.63, 3.8) is 0 Å². The number of ether oxygens (including phenoxy) is 4. The lowest BCUT2D eigenvalue weighted by Crippen LogP contribution is -2.30. The van der Waals surface area contributed by atoms with Gasteiger partial charge in [0.1, 0.15) is 33.9 Å². The van der Waals surface area contributed by atoms with Crippen LogP contribution in [0.1, 0.15) is 26.7 Å². The Hall–Kier alpha value is -6.20. The summed E-state index contributed by atoms with van der Waals surface area (Å²) in [6, 6.07) is 35.4. The van der Waals surface area contributed by atoms with Crippen molar-refractivity contribution in [3.05, 3.63) is 144 Å². The minimum absolute atomic E-state index is 0.0136. The minimum atomic E-state index is -0.660. The standard InChI is InChI=1S/C40H37N3O7S/c1-47-30-19-18-28(35(24-30)49-3)22-34(43-38(44)27-14-9-6-10-15-27)39(45)41-29-16-11-17-32(23-29)51-37(26-12-7-5-8-13-26)40(46)42-33-21-20-31(48-2)25-36(33)50-4/h5-25,37H,1-4H3,(H,41,45)(H,42,46)(H,43,44)/b34-22+. The quantitative estimate of drug-likeness (QED) is 0.0798. The predicted octanol–water partition coefficient (Wildman–Crippen LogP) is 7.60. The topological polar surface area (TPSA) is 124 Å². The van der Waals surface area contributed by atoms with Gasteiger partial charge in [-0.15, -0.1) is 11.8 Å². The molecule has 11 heteroatoms. The molecular weight excluding hydrogens is 667 g/mol. The van der Waals surface area contributed by atoms with Gasteiger partial charge in [0, 0.05) is 33.8 Å². The fourth-order valence-corrected chi connectivity index (χ4v) is 6.10. The van der Waals surface area contributed by atoms with E-state index in [0.29, 0.717) is 50.4 Å². The van der Waals surface area contributed by atoms with Gasteiger partial charge in [-0.05, 0) is 66.2 Å². The molecule has 5 rings (SSSR count). The number of thioether (sulfide) groups is 1. The van der Waals surface area contributed by atoms with Crippen molar-refractivity contribution in [3.8, 4) is 23.0 Å². The lowest BCUT2D eigenvalue weighted by atomic mass is 10.1. The van der Waals surface area contributed by atoms with E-state index in [1.165, 1.54) is 32.1 Å². The van der Waals surface area contributed by atoms with Gasteiger partial charge >= 0.3 is 0 Å². The van der Waals surface area contributed by atoms with E-state index in [9.17, 15) is 14.4 Å². The first-order valence-corrected chi connectivity index (χ1v) is 16.7. The SMILES string of the molecule is COc1ccc(/C=C(/NC(=O)c2ccccc2)C(=O)Nc2cccc(SC(C(=O)Nc3ccc(OC)cc3OC)c3ccccc3)c2)c(OC)c1. The Balaban J connectivity index is 1.41. The number of hydrogen-bond donors (Lipinski definition) is 3. The van der Waals surface area contributed by atoms with Crippen LogP contribution in [0.2, 0.25) is 0 Å². The highest BCUT2D eigenvalue weighted by Gasteiger charge is 2.24. The second-order valence-electron chi connectivity index (χ2n) is 10.9. The van der Waals surface area contributed by atoms with Crippen molar-refractivity contribution in [1.82, 2.24) is 5.32 Å². The van der Waals surface area contributed by atoms with Crippen molar-refractivity contribution >= 4 is 46.9 Å². The highest BCUT2D eigenvalue weighted by atomic mass is 32.2. The van der Waals surface area contributed by atoms with E-state index in [2.05, 4.69) is 16.0 Å². The van der Waals surface area contributed by atoms with Crippen LogP contribution in [0.25, 0.3) is 6.08 Å². The third-order valence-electron chi connectivity index (χ3n) is 7.62. The first-order chi connectivity index (χ1) is 24.8. The number of anilines is 2. The summed E-state index contributed by atoms with van der Waals surface area (Å²) in [7, 11) is 6.13. The Morgan fingerprint density at radius 3 is 1.96 bits per heavy atom. The predicted molar refractivity (Wildman–Crippen MR) is 200 cm³/mol. The maximum absolute atomic E-state index is 13.8.